The number of amides is 2. The molecule has 1 fully saturated rings. The van der Waals surface area contributed by atoms with Crippen molar-refractivity contribution in [2.24, 2.45) is 0 Å². The summed E-state index contributed by atoms with van der Waals surface area (Å²) in [5, 5.41) is 21.1. The molecule has 2 aliphatic heterocycles. The molecule has 4 aromatic rings. The predicted molar refractivity (Wildman–Crippen MR) is 138 cm³/mol. The molecule has 1 unspecified atom stereocenters. The highest BCUT2D eigenvalue weighted by atomic mass is 32.1. The summed E-state index contributed by atoms with van der Waals surface area (Å²) < 4.78 is 21.0. The van der Waals surface area contributed by atoms with Gasteiger partial charge >= 0.3 is 6.03 Å². The number of carbonyl (C=O) groups is 1. The first-order valence-electron chi connectivity index (χ1n) is 11.8. The molecule has 0 radical (unpaired) electrons. The van der Waals surface area contributed by atoms with Gasteiger partial charge in [0.05, 0.1) is 27.3 Å². The molecule has 6 rings (SSSR count). The minimum Gasteiger partial charge on any atom is -0.457 e. The van der Waals surface area contributed by atoms with Gasteiger partial charge in [-0.15, -0.1) is 11.3 Å². The number of nitrogens with zero attached hydrogens (tertiary/aromatic N) is 2. The first-order valence-corrected chi connectivity index (χ1v) is 12.6. The number of thiophene rings is 1. The molecule has 2 aromatic heterocycles. The molecule has 1 saturated heterocycles. The smallest absolute Gasteiger partial charge is 0.331 e. The van der Waals surface area contributed by atoms with Crippen molar-refractivity contribution in [1.82, 2.24) is 15.6 Å². The fourth-order valence-electron chi connectivity index (χ4n) is 4.69. The summed E-state index contributed by atoms with van der Waals surface area (Å²) in [6.07, 6.45) is 2.61. The summed E-state index contributed by atoms with van der Waals surface area (Å²) in [6, 6.07) is 14.8. The molecule has 4 N–H and O–H groups in total. The summed E-state index contributed by atoms with van der Waals surface area (Å²) in [6.45, 7) is 1.74. The molecular weight excluding hydrogens is 481 g/mol. The quantitative estimate of drug-likeness (QED) is 0.268. The number of para-hydroxylation sites is 1. The predicted octanol–water partition coefficient (Wildman–Crippen LogP) is 5.24. The Morgan fingerprint density at radius 1 is 1.17 bits per heavy atom. The Bertz CT molecular complexity index is 1420. The first kappa shape index (κ1) is 22.9. The van der Waals surface area contributed by atoms with Gasteiger partial charge in [0.25, 0.3) is 0 Å². The van der Waals surface area contributed by atoms with Crippen LogP contribution in [0, 0.1) is 5.82 Å². The number of aromatic nitrogens is 1. The number of hydrogen-bond acceptors (Lipinski definition) is 7. The second kappa shape index (κ2) is 9.47. The Balaban J connectivity index is 1.34. The number of nitrogens with one attached hydrogen (secondary N) is 3. The topological polar surface area (TPSA) is 98.8 Å². The number of piperidine rings is 1. The van der Waals surface area contributed by atoms with Gasteiger partial charge < -0.3 is 20.5 Å². The molecule has 2 aliphatic rings. The minimum absolute atomic E-state index is 0.0887. The van der Waals surface area contributed by atoms with Crippen molar-refractivity contribution in [2.75, 3.05) is 23.3 Å². The van der Waals surface area contributed by atoms with Gasteiger partial charge in [0.15, 0.2) is 5.82 Å². The molecule has 36 heavy (non-hydrogen) atoms. The second-order valence-corrected chi connectivity index (χ2v) is 9.79. The molecule has 4 heterocycles. The lowest BCUT2D eigenvalue weighted by Gasteiger charge is -2.30. The Labute approximate surface area is 210 Å². The normalized spacial score (nSPS) is 18.2. The summed E-state index contributed by atoms with van der Waals surface area (Å²) in [5.41, 5.74) is 1.10. The SMILES string of the molecule is O=C1Nc2c(C(O)N[C@@H]3CCCNC3)sc3nccc(c23)N1c1ccc(Oc2ccccc2)cc1F. The van der Waals surface area contributed by atoms with E-state index in [-0.39, 0.29) is 11.7 Å². The van der Waals surface area contributed by atoms with Crippen LogP contribution < -0.4 is 25.6 Å². The van der Waals surface area contributed by atoms with Crippen molar-refractivity contribution in [3.05, 3.63) is 71.5 Å². The molecule has 0 saturated carbocycles. The van der Waals surface area contributed by atoms with E-state index in [4.69, 9.17) is 4.74 Å². The van der Waals surface area contributed by atoms with E-state index in [0.717, 1.165) is 25.9 Å². The van der Waals surface area contributed by atoms with E-state index in [2.05, 4.69) is 20.9 Å². The number of hydrogen-bond donors (Lipinski definition) is 4. The van der Waals surface area contributed by atoms with Crippen molar-refractivity contribution in [3.63, 3.8) is 0 Å². The van der Waals surface area contributed by atoms with Crippen LogP contribution in [0.3, 0.4) is 0 Å². The summed E-state index contributed by atoms with van der Waals surface area (Å²) in [5.74, 6) is 0.307. The van der Waals surface area contributed by atoms with Crippen molar-refractivity contribution in [1.29, 1.82) is 0 Å². The van der Waals surface area contributed by atoms with Gasteiger partial charge in [0.2, 0.25) is 0 Å². The monoisotopic (exact) mass is 505 g/mol. The van der Waals surface area contributed by atoms with E-state index in [1.54, 1.807) is 30.5 Å². The fraction of sp³-hybridized carbons (Fsp3) is 0.231. The highest BCUT2D eigenvalue weighted by Crippen LogP contribution is 2.47. The van der Waals surface area contributed by atoms with Crippen LogP contribution in [0.5, 0.6) is 11.5 Å². The lowest BCUT2D eigenvalue weighted by atomic mass is 10.1. The number of carbonyl (C=O) groups excluding carboxylic acids is 1. The maximum Gasteiger partial charge on any atom is 0.331 e. The Morgan fingerprint density at radius 2 is 2.03 bits per heavy atom. The number of rotatable bonds is 6. The molecule has 184 valence electrons. The Morgan fingerprint density at radius 3 is 2.81 bits per heavy atom. The van der Waals surface area contributed by atoms with Crippen LogP contribution in [0.25, 0.3) is 10.2 Å². The number of urea groups is 1. The van der Waals surface area contributed by atoms with Gasteiger partial charge in [-0.3, -0.25) is 10.2 Å². The van der Waals surface area contributed by atoms with Crippen LogP contribution in [0.15, 0.2) is 60.8 Å². The minimum atomic E-state index is -0.963. The van der Waals surface area contributed by atoms with E-state index in [1.807, 2.05) is 18.2 Å². The van der Waals surface area contributed by atoms with Gasteiger partial charge in [-0.1, -0.05) is 18.2 Å². The number of aliphatic hydroxyl groups excluding tert-OH is 1. The summed E-state index contributed by atoms with van der Waals surface area (Å²) >= 11 is 1.31. The van der Waals surface area contributed by atoms with Gasteiger partial charge in [-0.05, 0) is 49.7 Å². The highest BCUT2D eigenvalue weighted by molar-refractivity contribution is 7.19. The van der Waals surface area contributed by atoms with Crippen LogP contribution in [-0.4, -0.2) is 35.3 Å². The number of anilines is 3. The van der Waals surface area contributed by atoms with Crippen molar-refractivity contribution < 1.29 is 19.0 Å². The molecule has 0 aliphatic carbocycles. The molecule has 2 atom stereocenters. The molecular formula is C26H24FN5O3S. The van der Waals surface area contributed by atoms with Gasteiger partial charge in [-0.2, -0.15) is 0 Å². The van der Waals surface area contributed by atoms with E-state index >= 15 is 4.39 Å². The van der Waals surface area contributed by atoms with E-state index in [9.17, 15) is 9.90 Å². The average molecular weight is 506 g/mol. The van der Waals surface area contributed by atoms with Crippen LogP contribution >= 0.6 is 11.3 Å². The number of aliphatic hydroxyl groups is 1. The molecule has 2 amide bonds. The molecule has 0 spiro atoms. The number of pyridine rings is 1. The third-order valence-corrected chi connectivity index (χ3v) is 7.50. The zero-order valence-corrected chi connectivity index (χ0v) is 20.0. The van der Waals surface area contributed by atoms with Gasteiger partial charge in [-0.25, -0.2) is 14.2 Å². The molecule has 0 bridgehead atoms. The molecule has 8 nitrogen and oxygen atoms in total. The van der Waals surface area contributed by atoms with Crippen LogP contribution in [0.1, 0.15) is 23.9 Å². The van der Waals surface area contributed by atoms with Crippen molar-refractivity contribution in [3.8, 4) is 11.5 Å². The number of ether oxygens (including phenoxy) is 1. The van der Waals surface area contributed by atoms with Crippen LogP contribution in [-0.2, 0) is 0 Å². The third-order valence-electron chi connectivity index (χ3n) is 6.35. The summed E-state index contributed by atoms with van der Waals surface area (Å²) in [7, 11) is 0. The standard InChI is InChI=1S/C26H24FN5O3S/c27-18-13-17(35-16-6-2-1-3-7-16)8-9-19(18)32-20-10-12-29-25-21(20)22(31-26(32)34)23(36-25)24(33)30-15-5-4-11-28-14-15/h1-3,6-10,12-13,15,24,28,30,33H,4-5,11,14H2,(H,31,34)/t15-,24?/m1/s1. The van der Waals surface area contributed by atoms with E-state index < -0.39 is 18.1 Å². The zero-order chi connectivity index (χ0) is 24.6. The van der Waals surface area contributed by atoms with E-state index in [0.29, 0.717) is 38.0 Å². The van der Waals surface area contributed by atoms with Crippen LogP contribution in [0.4, 0.5) is 26.2 Å². The number of benzene rings is 2. The van der Waals surface area contributed by atoms with E-state index in [1.165, 1.54) is 28.4 Å². The molecule has 10 heteroatoms. The highest BCUT2D eigenvalue weighted by Gasteiger charge is 2.34. The van der Waals surface area contributed by atoms with Crippen molar-refractivity contribution in [2.45, 2.75) is 25.1 Å². The average Bonchev–Trinajstić information content (AvgIpc) is 3.26. The Hall–Kier alpha value is -3.57. The second-order valence-electron chi connectivity index (χ2n) is 8.76. The maximum absolute atomic E-state index is 15.3. The number of halogens is 1. The van der Waals surface area contributed by atoms with Gasteiger partial charge in [0.1, 0.15) is 22.6 Å². The lowest BCUT2D eigenvalue weighted by molar-refractivity contribution is 0.120. The Kier molecular flexibility index (Phi) is 6.02. The molecule has 2 aromatic carbocycles. The fourth-order valence-corrected chi connectivity index (χ4v) is 5.75. The maximum atomic E-state index is 15.3. The van der Waals surface area contributed by atoms with Crippen molar-refractivity contribution >= 4 is 44.6 Å². The largest absolute Gasteiger partial charge is 0.457 e. The first-order chi connectivity index (χ1) is 17.6. The lowest BCUT2D eigenvalue weighted by Crippen LogP contribution is -2.44. The van der Waals surface area contributed by atoms with Crippen LogP contribution in [0.2, 0.25) is 0 Å². The van der Waals surface area contributed by atoms with Gasteiger partial charge in [0, 0.05) is 24.8 Å². The third kappa shape index (κ3) is 4.18. The zero-order valence-electron chi connectivity index (χ0n) is 19.2. The summed E-state index contributed by atoms with van der Waals surface area (Å²) in [4.78, 5) is 20.2.